The number of hydrogen-bond acceptors (Lipinski definition) is 2. The minimum absolute atomic E-state index is 1.45. The van der Waals surface area contributed by atoms with Crippen LogP contribution in [0.1, 0.15) is 6.92 Å². The average molecular weight is 117 g/mol. The summed E-state index contributed by atoms with van der Waals surface area (Å²) >= 11 is 0. The fraction of sp³-hybridized carbons (Fsp3) is 0.250. The Hall–Kier alpha value is -0.490. The molecule has 3 heteroatoms. The van der Waals surface area contributed by atoms with Crippen LogP contribution in [0.2, 0.25) is 0 Å². The van der Waals surface area contributed by atoms with E-state index in [2.05, 4.69) is 12.2 Å². The van der Waals surface area contributed by atoms with Gasteiger partial charge in [0.25, 0.3) is 0 Å². The molecule has 0 heterocycles. The molecule has 0 bridgehead atoms. The third-order valence-corrected chi connectivity index (χ3v) is 0.773. The summed E-state index contributed by atoms with van der Waals surface area (Å²) in [6.07, 6.45) is 2.76. The first-order valence-electron chi connectivity index (χ1n) is 1.58. The Bertz CT molecular complexity index is 189. The first-order chi connectivity index (χ1) is 3.06. The van der Waals surface area contributed by atoms with E-state index in [9.17, 15) is 8.42 Å². The molecule has 0 aromatic heterocycles. The molecule has 39 valence electrons. The minimum Gasteiger partial charge on any atom is -0.215 e. The lowest BCUT2D eigenvalue weighted by atomic mass is 10.9. The van der Waals surface area contributed by atoms with Gasteiger partial charge in [-0.2, -0.15) is 0 Å². The molecule has 0 aliphatic heterocycles. The molecule has 0 rings (SSSR count). The summed E-state index contributed by atoms with van der Waals surface area (Å²) in [5, 5.41) is 1.90. The van der Waals surface area contributed by atoms with E-state index in [0.29, 0.717) is 0 Å². The van der Waals surface area contributed by atoms with Crippen molar-refractivity contribution in [2.75, 3.05) is 0 Å². The topological polar surface area (TPSA) is 34.1 Å². The van der Waals surface area contributed by atoms with Gasteiger partial charge in [-0.1, -0.05) is 5.92 Å². The van der Waals surface area contributed by atoms with Crippen LogP contribution in [0.4, 0.5) is 0 Å². The number of hydrogen-bond donors (Lipinski definition) is 0. The molecule has 0 aromatic rings. The summed E-state index contributed by atoms with van der Waals surface area (Å²) in [5.74, 6) is 2.21. The van der Waals surface area contributed by atoms with Crippen molar-refractivity contribution in [3.05, 3.63) is 6.26 Å². The van der Waals surface area contributed by atoms with E-state index in [4.69, 9.17) is 0 Å². The van der Waals surface area contributed by atoms with Crippen LogP contribution >= 0.6 is 0 Å². The summed E-state index contributed by atoms with van der Waals surface area (Å²) < 4.78 is 19.9. The van der Waals surface area contributed by atoms with Crippen LogP contribution in [0.5, 0.6) is 0 Å². The molecule has 0 unspecified atom stereocenters. The summed E-state index contributed by atoms with van der Waals surface area (Å²) in [4.78, 5) is 0. The van der Waals surface area contributed by atoms with Gasteiger partial charge in [-0.3, -0.25) is 0 Å². The molecule has 0 atom stereocenters. The smallest absolute Gasteiger partial charge is 0.215 e. The maximum Gasteiger partial charge on any atom is 0.217 e. The van der Waals surface area contributed by atoms with Gasteiger partial charge in [0.15, 0.2) is 0 Å². The number of sulfone groups is 1. The average Bonchev–Trinajstić information content (AvgIpc) is 1.30. The van der Waals surface area contributed by atoms with E-state index < -0.39 is 9.84 Å². The normalized spacial score (nSPS) is 9.43. The van der Waals surface area contributed by atoms with E-state index >= 15 is 0 Å². The SMILES string of the molecule is [CH2]S(=O)(=O)C#CC. The van der Waals surface area contributed by atoms with Gasteiger partial charge in [0.05, 0.1) is 6.26 Å². The van der Waals surface area contributed by atoms with Crippen molar-refractivity contribution in [2.45, 2.75) is 6.92 Å². The van der Waals surface area contributed by atoms with Gasteiger partial charge in [0.1, 0.15) is 0 Å². The molecule has 0 saturated heterocycles. The highest BCUT2D eigenvalue weighted by Crippen LogP contribution is 1.76. The maximum absolute atomic E-state index is 9.95. The molecule has 0 fully saturated rings. The quantitative estimate of drug-likeness (QED) is 0.335. The Morgan fingerprint density at radius 2 is 2.00 bits per heavy atom. The lowest BCUT2D eigenvalue weighted by Gasteiger charge is -1.71. The van der Waals surface area contributed by atoms with Gasteiger partial charge in [0, 0.05) is 5.25 Å². The van der Waals surface area contributed by atoms with Gasteiger partial charge in [-0.05, 0) is 6.92 Å². The zero-order chi connectivity index (χ0) is 5.91. The highest BCUT2D eigenvalue weighted by Gasteiger charge is 1.88. The van der Waals surface area contributed by atoms with E-state index in [1.807, 2.05) is 5.25 Å². The van der Waals surface area contributed by atoms with E-state index in [-0.39, 0.29) is 0 Å². The van der Waals surface area contributed by atoms with E-state index in [1.54, 1.807) is 0 Å². The number of rotatable bonds is 0. The lowest BCUT2D eigenvalue weighted by Crippen LogP contribution is -1.83. The fourth-order valence-corrected chi connectivity index (χ4v) is 0.467. The molecular formula is C4H5O2S. The molecule has 1 radical (unpaired) electrons. The van der Waals surface area contributed by atoms with Gasteiger partial charge < -0.3 is 0 Å². The van der Waals surface area contributed by atoms with Crippen LogP contribution in [-0.2, 0) is 9.84 Å². The zero-order valence-electron chi connectivity index (χ0n) is 3.93. The van der Waals surface area contributed by atoms with Crippen molar-refractivity contribution in [1.82, 2.24) is 0 Å². The van der Waals surface area contributed by atoms with Gasteiger partial charge in [0.2, 0.25) is 9.84 Å². The van der Waals surface area contributed by atoms with Crippen LogP contribution in [0.3, 0.4) is 0 Å². The van der Waals surface area contributed by atoms with Crippen LogP contribution in [-0.4, -0.2) is 8.42 Å². The maximum atomic E-state index is 9.95. The Kier molecular flexibility index (Phi) is 1.85. The summed E-state index contributed by atoms with van der Waals surface area (Å²) in [6.45, 7) is 1.45. The van der Waals surface area contributed by atoms with Gasteiger partial charge in [-0.25, -0.2) is 8.42 Å². The molecule has 7 heavy (non-hydrogen) atoms. The second-order valence-corrected chi connectivity index (χ2v) is 2.40. The Labute approximate surface area is 43.5 Å². The summed E-state index contributed by atoms with van der Waals surface area (Å²) in [7, 11) is -3.29. The van der Waals surface area contributed by atoms with Crippen molar-refractivity contribution in [3.8, 4) is 11.2 Å². The molecular weight excluding hydrogens is 112 g/mol. The van der Waals surface area contributed by atoms with Crippen molar-refractivity contribution < 1.29 is 8.42 Å². The second-order valence-electron chi connectivity index (χ2n) is 0.967. The van der Waals surface area contributed by atoms with Crippen molar-refractivity contribution in [1.29, 1.82) is 0 Å². The molecule has 0 aromatic carbocycles. The molecule has 2 nitrogen and oxygen atoms in total. The summed E-state index contributed by atoms with van der Waals surface area (Å²) in [5.41, 5.74) is 0. The molecule has 0 saturated carbocycles. The predicted octanol–water partition coefficient (Wildman–Crippen LogP) is 0.174. The second kappa shape index (κ2) is 1.99. The van der Waals surface area contributed by atoms with Crippen LogP contribution < -0.4 is 0 Å². The molecule has 0 amide bonds. The first kappa shape index (κ1) is 6.51. The monoisotopic (exact) mass is 117 g/mol. The van der Waals surface area contributed by atoms with Gasteiger partial charge >= 0.3 is 0 Å². The minimum atomic E-state index is -3.29. The van der Waals surface area contributed by atoms with Gasteiger partial charge in [-0.15, -0.1) is 0 Å². The van der Waals surface area contributed by atoms with Crippen LogP contribution in [0, 0.1) is 17.4 Å². The predicted molar refractivity (Wildman–Crippen MR) is 27.7 cm³/mol. The first-order valence-corrected chi connectivity index (χ1v) is 3.23. The highest BCUT2D eigenvalue weighted by atomic mass is 32.2. The highest BCUT2D eigenvalue weighted by molar-refractivity contribution is 7.97. The molecule has 0 aliphatic carbocycles. The third-order valence-electron chi connectivity index (χ3n) is 0.258. The van der Waals surface area contributed by atoms with Crippen LogP contribution in [0.25, 0.3) is 0 Å². The lowest BCUT2D eigenvalue weighted by molar-refractivity contribution is 0.614. The van der Waals surface area contributed by atoms with Crippen molar-refractivity contribution in [2.24, 2.45) is 0 Å². The largest absolute Gasteiger partial charge is 0.217 e. The summed E-state index contributed by atoms with van der Waals surface area (Å²) in [6, 6.07) is 0. The molecule has 0 N–H and O–H groups in total. The Morgan fingerprint density at radius 3 is 2.00 bits per heavy atom. The van der Waals surface area contributed by atoms with Crippen molar-refractivity contribution in [3.63, 3.8) is 0 Å². The molecule has 0 aliphatic rings. The Morgan fingerprint density at radius 1 is 1.57 bits per heavy atom. The fourth-order valence-electron chi connectivity index (χ4n) is 0.156. The molecule has 0 spiro atoms. The Balaban J connectivity index is 4.34. The van der Waals surface area contributed by atoms with Crippen molar-refractivity contribution >= 4 is 9.84 Å². The third kappa shape index (κ3) is 5.51. The van der Waals surface area contributed by atoms with E-state index in [0.717, 1.165) is 0 Å². The zero-order valence-corrected chi connectivity index (χ0v) is 4.75. The van der Waals surface area contributed by atoms with E-state index in [1.165, 1.54) is 6.92 Å². The standard InChI is InChI=1S/C4H5O2S/c1-3-4-7(2,5)6/h2H2,1H3. The van der Waals surface area contributed by atoms with Crippen LogP contribution in [0.15, 0.2) is 0 Å².